The van der Waals surface area contributed by atoms with Crippen LogP contribution in [0.1, 0.15) is 13.8 Å². The first-order chi connectivity index (χ1) is 5.81. The van der Waals surface area contributed by atoms with Crippen LogP contribution in [0.5, 0.6) is 0 Å². The van der Waals surface area contributed by atoms with Crippen LogP contribution < -0.4 is 0 Å². The number of ether oxygens (including phenoxy) is 1. The standard InChI is InChI=1S/C7H14O5S/c1-6(4-11-7(2)8)5-12-13(3,9)10/h6H,4-5H2,1-3H3. The molecular weight excluding hydrogens is 196 g/mol. The van der Waals surface area contributed by atoms with Gasteiger partial charge in [0.1, 0.15) is 0 Å². The molecule has 1 unspecified atom stereocenters. The van der Waals surface area contributed by atoms with Gasteiger partial charge in [0, 0.05) is 12.8 Å². The first-order valence-corrected chi connectivity index (χ1v) is 5.60. The Morgan fingerprint density at radius 2 is 1.92 bits per heavy atom. The highest BCUT2D eigenvalue weighted by Crippen LogP contribution is 1.99. The first kappa shape index (κ1) is 12.4. The highest BCUT2D eigenvalue weighted by molar-refractivity contribution is 7.85. The largest absolute Gasteiger partial charge is 0.465 e. The van der Waals surface area contributed by atoms with E-state index in [1.807, 2.05) is 0 Å². The van der Waals surface area contributed by atoms with Crippen LogP contribution in [0.25, 0.3) is 0 Å². The zero-order valence-corrected chi connectivity index (χ0v) is 8.76. The molecule has 0 aromatic heterocycles. The minimum absolute atomic E-state index is 0.0338. The summed E-state index contributed by atoms with van der Waals surface area (Å²) in [5.41, 5.74) is 0. The second-order valence-electron chi connectivity index (χ2n) is 2.90. The molecule has 5 nitrogen and oxygen atoms in total. The second-order valence-corrected chi connectivity index (χ2v) is 4.54. The Bertz CT molecular complexity index is 256. The Hall–Kier alpha value is -0.620. The maximum absolute atomic E-state index is 10.5. The van der Waals surface area contributed by atoms with E-state index in [2.05, 4.69) is 8.92 Å². The van der Waals surface area contributed by atoms with Gasteiger partial charge in [-0.05, 0) is 0 Å². The Balaban J connectivity index is 3.64. The third-order valence-electron chi connectivity index (χ3n) is 1.14. The lowest BCUT2D eigenvalue weighted by molar-refractivity contribution is -0.142. The Morgan fingerprint density at radius 3 is 2.31 bits per heavy atom. The van der Waals surface area contributed by atoms with Gasteiger partial charge in [0.25, 0.3) is 10.1 Å². The van der Waals surface area contributed by atoms with E-state index in [0.717, 1.165) is 6.26 Å². The highest BCUT2D eigenvalue weighted by Gasteiger charge is 2.08. The summed E-state index contributed by atoms with van der Waals surface area (Å²) in [5.74, 6) is -0.509. The number of hydrogen-bond donors (Lipinski definition) is 0. The number of esters is 1. The monoisotopic (exact) mass is 210 g/mol. The van der Waals surface area contributed by atoms with Crippen molar-refractivity contribution < 1.29 is 22.1 Å². The molecule has 78 valence electrons. The summed E-state index contributed by atoms with van der Waals surface area (Å²) < 4.78 is 30.2. The van der Waals surface area contributed by atoms with Gasteiger partial charge >= 0.3 is 5.97 Å². The average molecular weight is 210 g/mol. The molecule has 0 spiro atoms. The van der Waals surface area contributed by atoms with E-state index in [9.17, 15) is 13.2 Å². The summed E-state index contributed by atoms with van der Waals surface area (Å²) in [6.07, 6.45) is 0.978. The molecule has 0 saturated heterocycles. The number of hydrogen-bond acceptors (Lipinski definition) is 5. The third kappa shape index (κ3) is 9.29. The average Bonchev–Trinajstić information content (AvgIpc) is 1.95. The minimum atomic E-state index is -3.40. The van der Waals surface area contributed by atoms with Crippen molar-refractivity contribution in [2.45, 2.75) is 13.8 Å². The topological polar surface area (TPSA) is 69.7 Å². The van der Waals surface area contributed by atoms with E-state index in [4.69, 9.17) is 0 Å². The lowest BCUT2D eigenvalue weighted by Gasteiger charge is -2.09. The fourth-order valence-corrected chi connectivity index (χ4v) is 1.03. The molecule has 0 aliphatic carbocycles. The van der Waals surface area contributed by atoms with E-state index >= 15 is 0 Å². The van der Waals surface area contributed by atoms with Crippen LogP contribution in [0.2, 0.25) is 0 Å². The lowest BCUT2D eigenvalue weighted by Crippen LogP contribution is -2.17. The van der Waals surface area contributed by atoms with Gasteiger partial charge in [-0.15, -0.1) is 0 Å². The van der Waals surface area contributed by atoms with Crippen LogP contribution in [0, 0.1) is 5.92 Å². The molecule has 0 heterocycles. The van der Waals surface area contributed by atoms with Gasteiger partial charge < -0.3 is 4.74 Å². The Labute approximate surface area is 78.2 Å². The molecular formula is C7H14O5S. The SMILES string of the molecule is CC(=O)OCC(C)COS(C)(=O)=O. The normalized spacial score (nSPS) is 13.8. The summed E-state index contributed by atoms with van der Waals surface area (Å²) in [4.78, 5) is 10.4. The van der Waals surface area contributed by atoms with Gasteiger partial charge in [0.05, 0.1) is 19.5 Å². The van der Waals surface area contributed by atoms with Gasteiger partial charge in [0.15, 0.2) is 0 Å². The smallest absolute Gasteiger partial charge is 0.302 e. The molecule has 0 aromatic carbocycles. The Kier molecular flexibility index (Phi) is 4.94. The van der Waals surface area contributed by atoms with Crippen LogP contribution >= 0.6 is 0 Å². The fraction of sp³-hybridized carbons (Fsp3) is 0.857. The Morgan fingerprint density at radius 1 is 1.38 bits per heavy atom. The molecule has 0 rings (SSSR count). The van der Waals surface area contributed by atoms with Crippen LogP contribution in [-0.4, -0.2) is 33.9 Å². The molecule has 1 atom stereocenters. The van der Waals surface area contributed by atoms with Crippen LogP contribution in [0.4, 0.5) is 0 Å². The van der Waals surface area contributed by atoms with E-state index < -0.39 is 10.1 Å². The summed E-state index contributed by atoms with van der Waals surface area (Å²) in [5, 5.41) is 0. The van der Waals surface area contributed by atoms with Crippen LogP contribution in [0.15, 0.2) is 0 Å². The van der Waals surface area contributed by atoms with Crippen molar-refractivity contribution in [1.29, 1.82) is 0 Å². The lowest BCUT2D eigenvalue weighted by atomic mass is 10.2. The van der Waals surface area contributed by atoms with Crippen LogP contribution in [-0.2, 0) is 23.8 Å². The summed E-state index contributed by atoms with van der Waals surface area (Å²) >= 11 is 0. The van der Waals surface area contributed by atoms with Crippen molar-refractivity contribution in [3.63, 3.8) is 0 Å². The molecule has 0 saturated carbocycles. The molecule has 0 radical (unpaired) electrons. The van der Waals surface area contributed by atoms with E-state index in [-0.39, 0.29) is 25.1 Å². The van der Waals surface area contributed by atoms with Crippen molar-refractivity contribution >= 4 is 16.1 Å². The minimum Gasteiger partial charge on any atom is -0.465 e. The van der Waals surface area contributed by atoms with E-state index in [1.54, 1.807) is 6.92 Å². The van der Waals surface area contributed by atoms with Crippen molar-refractivity contribution in [3.05, 3.63) is 0 Å². The van der Waals surface area contributed by atoms with Gasteiger partial charge in [-0.25, -0.2) is 0 Å². The van der Waals surface area contributed by atoms with Crippen molar-refractivity contribution in [1.82, 2.24) is 0 Å². The quantitative estimate of drug-likeness (QED) is 0.477. The maximum Gasteiger partial charge on any atom is 0.302 e. The van der Waals surface area contributed by atoms with Crippen LogP contribution in [0.3, 0.4) is 0 Å². The molecule has 6 heteroatoms. The van der Waals surface area contributed by atoms with Crippen molar-refractivity contribution in [2.75, 3.05) is 19.5 Å². The predicted octanol–water partition coefficient (Wildman–Crippen LogP) is 0.162. The maximum atomic E-state index is 10.5. The zero-order chi connectivity index (χ0) is 10.5. The second kappa shape index (κ2) is 5.18. The van der Waals surface area contributed by atoms with Crippen molar-refractivity contribution in [3.8, 4) is 0 Å². The predicted molar refractivity (Wildman–Crippen MR) is 46.6 cm³/mol. The highest BCUT2D eigenvalue weighted by atomic mass is 32.2. The number of carbonyl (C=O) groups excluding carboxylic acids is 1. The summed E-state index contributed by atoms with van der Waals surface area (Å²) in [7, 11) is -3.40. The molecule has 0 aliphatic heterocycles. The zero-order valence-electron chi connectivity index (χ0n) is 7.94. The van der Waals surface area contributed by atoms with Gasteiger partial charge in [-0.3, -0.25) is 8.98 Å². The third-order valence-corrected chi connectivity index (χ3v) is 1.70. The molecule has 0 N–H and O–H groups in total. The molecule has 0 aliphatic rings. The van der Waals surface area contributed by atoms with Crippen molar-refractivity contribution in [2.24, 2.45) is 5.92 Å². The van der Waals surface area contributed by atoms with E-state index in [0.29, 0.717) is 0 Å². The van der Waals surface area contributed by atoms with Gasteiger partial charge in [-0.1, -0.05) is 6.92 Å². The molecule has 13 heavy (non-hydrogen) atoms. The molecule has 0 bridgehead atoms. The molecule has 0 aromatic rings. The van der Waals surface area contributed by atoms with Gasteiger partial charge in [0.2, 0.25) is 0 Å². The van der Waals surface area contributed by atoms with E-state index in [1.165, 1.54) is 6.92 Å². The number of rotatable bonds is 5. The fourth-order valence-electron chi connectivity index (χ4n) is 0.547. The first-order valence-electron chi connectivity index (χ1n) is 3.79. The molecule has 0 amide bonds. The summed E-state index contributed by atoms with van der Waals surface area (Å²) in [6, 6.07) is 0. The summed E-state index contributed by atoms with van der Waals surface area (Å²) in [6.45, 7) is 3.23. The molecule has 0 fully saturated rings. The number of carbonyl (C=O) groups is 1. The van der Waals surface area contributed by atoms with Gasteiger partial charge in [-0.2, -0.15) is 8.42 Å².